The van der Waals surface area contributed by atoms with Crippen LogP contribution in [0.2, 0.25) is 5.15 Å². The molecule has 0 saturated carbocycles. The Labute approximate surface area is 199 Å². The molecule has 2 fully saturated rings. The van der Waals surface area contributed by atoms with Crippen LogP contribution in [0.4, 0.5) is 5.69 Å². The van der Waals surface area contributed by atoms with Crippen LogP contribution in [-0.2, 0) is 14.8 Å². The Hall–Kier alpha value is -2.49. The fraction of sp³-hybridized carbons (Fsp3) is 0.435. The van der Waals surface area contributed by atoms with E-state index in [1.807, 2.05) is 24.0 Å². The van der Waals surface area contributed by atoms with Crippen molar-refractivity contribution < 1.29 is 18.0 Å². The van der Waals surface area contributed by atoms with Crippen molar-refractivity contribution in [1.29, 1.82) is 0 Å². The standard InChI is InChI=1S/C23H27ClN4O4S/c1-16-6-4-7-18(23(30)27-12-2-3-13-27)20(16)26-22(29)17-9-14-28(15-10-17)33(31,32)19-8-5-11-25-21(19)24/h4-8,11,17H,2-3,9-10,12-15H2,1H3,(H,26,29). The molecular weight excluding hydrogens is 464 g/mol. The van der Waals surface area contributed by atoms with Crippen LogP contribution in [0.5, 0.6) is 0 Å². The van der Waals surface area contributed by atoms with Gasteiger partial charge >= 0.3 is 0 Å². The molecule has 0 spiro atoms. The van der Waals surface area contributed by atoms with Gasteiger partial charge in [0.1, 0.15) is 10.0 Å². The first-order valence-corrected chi connectivity index (χ1v) is 12.9. The number of amides is 2. The number of nitrogens with one attached hydrogen (secondary N) is 1. The van der Waals surface area contributed by atoms with Crippen molar-refractivity contribution in [3.8, 4) is 0 Å². The summed E-state index contributed by atoms with van der Waals surface area (Å²) >= 11 is 5.99. The number of benzene rings is 1. The number of sulfonamides is 1. The number of piperidine rings is 1. The molecule has 8 nitrogen and oxygen atoms in total. The van der Waals surface area contributed by atoms with Gasteiger partial charge in [-0.15, -0.1) is 0 Å². The molecule has 176 valence electrons. The molecule has 2 aliphatic heterocycles. The smallest absolute Gasteiger partial charge is 0.255 e. The maximum absolute atomic E-state index is 13.1. The van der Waals surface area contributed by atoms with Crippen molar-refractivity contribution in [2.45, 2.75) is 37.5 Å². The van der Waals surface area contributed by atoms with Gasteiger partial charge in [-0.3, -0.25) is 9.59 Å². The first-order chi connectivity index (χ1) is 15.8. The molecule has 2 aliphatic rings. The Balaban J connectivity index is 1.44. The van der Waals surface area contributed by atoms with Gasteiger partial charge in [0.15, 0.2) is 0 Å². The first kappa shape index (κ1) is 23.7. The Morgan fingerprint density at radius 3 is 2.42 bits per heavy atom. The van der Waals surface area contributed by atoms with E-state index in [9.17, 15) is 18.0 Å². The van der Waals surface area contributed by atoms with Gasteiger partial charge in [-0.05, 0) is 56.4 Å². The second-order valence-electron chi connectivity index (χ2n) is 8.46. The van der Waals surface area contributed by atoms with Crippen molar-refractivity contribution in [2.24, 2.45) is 5.92 Å². The lowest BCUT2D eigenvalue weighted by Gasteiger charge is -2.31. The number of carbonyl (C=O) groups excluding carboxylic acids is 2. The zero-order valence-electron chi connectivity index (χ0n) is 18.5. The molecule has 1 aromatic carbocycles. The fourth-order valence-corrected chi connectivity index (χ4v) is 6.29. The minimum absolute atomic E-state index is 0.0282. The number of carbonyl (C=O) groups is 2. The van der Waals surface area contributed by atoms with E-state index in [1.165, 1.54) is 22.6 Å². The summed E-state index contributed by atoms with van der Waals surface area (Å²) in [7, 11) is -3.78. The van der Waals surface area contributed by atoms with Crippen molar-refractivity contribution in [3.05, 3.63) is 52.8 Å². The van der Waals surface area contributed by atoms with Gasteiger partial charge in [-0.1, -0.05) is 23.7 Å². The summed E-state index contributed by atoms with van der Waals surface area (Å²) in [5, 5.41) is 2.90. The Kier molecular flexibility index (Phi) is 7.02. The largest absolute Gasteiger partial charge is 0.339 e. The van der Waals surface area contributed by atoms with E-state index < -0.39 is 10.0 Å². The van der Waals surface area contributed by atoms with E-state index in [-0.39, 0.29) is 40.9 Å². The summed E-state index contributed by atoms with van der Waals surface area (Å²) in [6, 6.07) is 8.39. The number of para-hydroxylation sites is 1. The molecule has 10 heteroatoms. The third-order valence-corrected chi connectivity index (χ3v) is 8.66. The highest BCUT2D eigenvalue weighted by molar-refractivity contribution is 7.89. The number of hydrogen-bond donors (Lipinski definition) is 1. The number of hydrogen-bond acceptors (Lipinski definition) is 5. The summed E-state index contributed by atoms with van der Waals surface area (Å²) < 4.78 is 27.2. The van der Waals surface area contributed by atoms with Gasteiger partial charge in [0.05, 0.1) is 11.3 Å². The molecular formula is C23H27ClN4O4S. The molecule has 2 amide bonds. The third kappa shape index (κ3) is 4.90. The lowest BCUT2D eigenvalue weighted by atomic mass is 9.96. The van der Waals surface area contributed by atoms with Crippen LogP contribution in [-0.4, -0.2) is 60.6 Å². The molecule has 0 atom stereocenters. The predicted molar refractivity (Wildman–Crippen MR) is 126 cm³/mol. The zero-order valence-corrected chi connectivity index (χ0v) is 20.0. The molecule has 0 unspecified atom stereocenters. The van der Waals surface area contributed by atoms with Crippen LogP contribution in [0, 0.1) is 12.8 Å². The second-order valence-corrected chi connectivity index (χ2v) is 10.7. The monoisotopic (exact) mass is 490 g/mol. The van der Waals surface area contributed by atoms with Crippen LogP contribution in [0.3, 0.4) is 0 Å². The Morgan fingerprint density at radius 1 is 1.06 bits per heavy atom. The molecule has 33 heavy (non-hydrogen) atoms. The number of anilines is 1. The van der Waals surface area contributed by atoms with E-state index in [1.54, 1.807) is 6.07 Å². The molecule has 3 heterocycles. The Bertz CT molecular complexity index is 1160. The number of pyridine rings is 1. The average molecular weight is 491 g/mol. The van der Waals surface area contributed by atoms with Gasteiger partial charge < -0.3 is 10.2 Å². The first-order valence-electron chi connectivity index (χ1n) is 11.1. The van der Waals surface area contributed by atoms with E-state index in [4.69, 9.17) is 11.6 Å². The van der Waals surface area contributed by atoms with Crippen LogP contribution in [0.25, 0.3) is 0 Å². The van der Waals surface area contributed by atoms with Crippen molar-refractivity contribution in [3.63, 3.8) is 0 Å². The number of aryl methyl sites for hydroxylation is 1. The minimum Gasteiger partial charge on any atom is -0.339 e. The van der Waals surface area contributed by atoms with E-state index in [2.05, 4.69) is 10.3 Å². The molecule has 4 rings (SSSR count). The quantitative estimate of drug-likeness (QED) is 0.648. The maximum Gasteiger partial charge on any atom is 0.255 e. The molecule has 1 N–H and O–H groups in total. The highest BCUT2D eigenvalue weighted by atomic mass is 35.5. The van der Waals surface area contributed by atoms with Gasteiger partial charge in [-0.25, -0.2) is 13.4 Å². The number of likely N-dealkylation sites (tertiary alicyclic amines) is 1. The van der Waals surface area contributed by atoms with Crippen molar-refractivity contribution in [2.75, 3.05) is 31.5 Å². The Morgan fingerprint density at radius 2 is 1.76 bits per heavy atom. The number of nitrogens with zero attached hydrogens (tertiary/aromatic N) is 3. The minimum atomic E-state index is -3.78. The van der Waals surface area contributed by atoms with Crippen LogP contribution >= 0.6 is 11.6 Å². The maximum atomic E-state index is 13.1. The number of aromatic nitrogens is 1. The third-order valence-electron chi connectivity index (χ3n) is 6.31. The molecule has 1 aromatic heterocycles. The highest BCUT2D eigenvalue weighted by Gasteiger charge is 2.34. The van der Waals surface area contributed by atoms with Gasteiger partial charge in [0, 0.05) is 38.3 Å². The van der Waals surface area contributed by atoms with Gasteiger partial charge in [0.25, 0.3) is 5.91 Å². The average Bonchev–Trinajstić information content (AvgIpc) is 3.35. The lowest BCUT2D eigenvalue weighted by Crippen LogP contribution is -2.41. The molecule has 0 radical (unpaired) electrons. The summed E-state index contributed by atoms with van der Waals surface area (Å²) in [5.74, 6) is -0.618. The summed E-state index contributed by atoms with van der Waals surface area (Å²) in [4.78, 5) is 31.7. The van der Waals surface area contributed by atoms with Gasteiger partial charge in [0.2, 0.25) is 15.9 Å². The SMILES string of the molecule is Cc1cccc(C(=O)N2CCCC2)c1NC(=O)C1CCN(S(=O)(=O)c2cccnc2Cl)CC1. The highest BCUT2D eigenvalue weighted by Crippen LogP contribution is 2.29. The number of halogens is 1. The second kappa shape index (κ2) is 9.79. The van der Waals surface area contributed by atoms with Crippen molar-refractivity contribution in [1.82, 2.24) is 14.2 Å². The predicted octanol–water partition coefficient (Wildman–Crippen LogP) is 3.32. The summed E-state index contributed by atoms with van der Waals surface area (Å²) in [6.45, 7) is 3.74. The van der Waals surface area contributed by atoms with Crippen LogP contribution in [0.1, 0.15) is 41.6 Å². The van der Waals surface area contributed by atoms with E-state index >= 15 is 0 Å². The lowest BCUT2D eigenvalue weighted by molar-refractivity contribution is -0.120. The normalized spacial score (nSPS) is 17.8. The van der Waals surface area contributed by atoms with Crippen molar-refractivity contribution >= 4 is 39.1 Å². The van der Waals surface area contributed by atoms with Crippen LogP contribution in [0.15, 0.2) is 41.4 Å². The van der Waals surface area contributed by atoms with E-state index in [0.717, 1.165) is 31.5 Å². The zero-order chi connectivity index (χ0) is 23.6. The summed E-state index contributed by atoms with van der Waals surface area (Å²) in [6.07, 6.45) is 4.18. The van der Waals surface area contributed by atoms with E-state index in [0.29, 0.717) is 24.1 Å². The molecule has 0 aliphatic carbocycles. The fourth-order valence-electron chi connectivity index (χ4n) is 4.39. The molecule has 0 bridgehead atoms. The number of rotatable bonds is 5. The molecule has 2 aromatic rings. The van der Waals surface area contributed by atoms with Crippen LogP contribution < -0.4 is 5.32 Å². The molecule has 2 saturated heterocycles. The summed E-state index contributed by atoms with van der Waals surface area (Å²) in [5.41, 5.74) is 1.85. The van der Waals surface area contributed by atoms with Gasteiger partial charge in [-0.2, -0.15) is 4.31 Å². The topological polar surface area (TPSA) is 99.7 Å².